The zero-order valence-electron chi connectivity index (χ0n) is 17.2. The average Bonchev–Trinajstić information content (AvgIpc) is 3.21. The number of rotatable bonds is 9. The van der Waals surface area contributed by atoms with Gasteiger partial charge in [0.25, 0.3) is 0 Å². The van der Waals surface area contributed by atoms with E-state index >= 15 is 0 Å². The molecule has 0 saturated carbocycles. The third kappa shape index (κ3) is 6.33. The van der Waals surface area contributed by atoms with Crippen molar-refractivity contribution in [1.29, 1.82) is 0 Å². The van der Waals surface area contributed by atoms with E-state index in [1.165, 1.54) is 0 Å². The lowest BCUT2D eigenvalue weighted by Gasteiger charge is -2.33. The summed E-state index contributed by atoms with van der Waals surface area (Å²) in [6.07, 6.45) is 3.09. The Morgan fingerprint density at radius 1 is 1.36 bits per heavy atom. The van der Waals surface area contributed by atoms with Crippen LogP contribution in [0.15, 0.2) is 17.5 Å². The van der Waals surface area contributed by atoms with Crippen molar-refractivity contribution < 1.29 is 19.1 Å². The third-order valence-corrected chi connectivity index (χ3v) is 6.19. The normalized spacial score (nSPS) is 17.8. The molecule has 0 bridgehead atoms. The van der Waals surface area contributed by atoms with Gasteiger partial charge in [-0.2, -0.15) is 0 Å². The van der Waals surface area contributed by atoms with Crippen molar-refractivity contribution >= 4 is 29.1 Å². The Bertz CT molecular complexity index is 647. The summed E-state index contributed by atoms with van der Waals surface area (Å²) in [5.74, 6) is -0.380. The van der Waals surface area contributed by atoms with Gasteiger partial charge >= 0.3 is 5.97 Å². The molecule has 2 rings (SSSR count). The fraction of sp³-hybridized carbons (Fsp3) is 0.667. The van der Waals surface area contributed by atoms with Crippen molar-refractivity contribution in [3.8, 4) is 0 Å². The molecule has 1 aliphatic heterocycles. The van der Waals surface area contributed by atoms with Gasteiger partial charge in [0.15, 0.2) is 0 Å². The molecule has 1 saturated heterocycles. The molecule has 2 heterocycles. The molecule has 1 aromatic heterocycles. The molecule has 1 aromatic rings. The Labute approximate surface area is 171 Å². The summed E-state index contributed by atoms with van der Waals surface area (Å²) in [6, 6.07) is 4.00. The molecule has 0 spiro atoms. The molecule has 6 nitrogen and oxygen atoms in total. The van der Waals surface area contributed by atoms with E-state index in [1.54, 1.807) is 23.2 Å². The number of carbonyl (C=O) groups excluding carboxylic acids is 3. The van der Waals surface area contributed by atoms with Crippen LogP contribution in [-0.2, 0) is 25.5 Å². The number of hydrogen-bond acceptors (Lipinski definition) is 5. The van der Waals surface area contributed by atoms with Gasteiger partial charge in [-0.05, 0) is 44.6 Å². The van der Waals surface area contributed by atoms with Gasteiger partial charge < -0.3 is 14.5 Å². The SMILES string of the molecule is CCOC(=O)C1CCCN(C(=O)CCN(C(=O)Cc2cccs2)C(C)CC)C1. The number of thiophene rings is 1. The average molecular weight is 409 g/mol. The first-order valence-electron chi connectivity index (χ1n) is 10.2. The Balaban J connectivity index is 1.91. The first-order chi connectivity index (χ1) is 13.5. The minimum absolute atomic E-state index is 0.00576. The number of carbonyl (C=O) groups is 3. The molecule has 0 N–H and O–H groups in total. The third-order valence-electron chi connectivity index (χ3n) is 5.31. The second-order valence-electron chi connectivity index (χ2n) is 7.28. The molecule has 1 fully saturated rings. The maximum absolute atomic E-state index is 12.8. The van der Waals surface area contributed by atoms with Gasteiger partial charge in [0, 0.05) is 37.0 Å². The molecule has 7 heteroatoms. The lowest BCUT2D eigenvalue weighted by molar-refractivity contribution is -0.151. The van der Waals surface area contributed by atoms with Gasteiger partial charge in [0.05, 0.1) is 18.9 Å². The van der Waals surface area contributed by atoms with Crippen LogP contribution in [0.1, 0.15) is 51.3 Å². The minimum Gasteiger partial charge on any atom is -0.466 e. The first kappa shape index (κ1) is 22.4. The van der Waals surface area contributed by atoms with Crippen LogP contribution in [0.3, 0.4) is 0 Å². The monoisotopic (exact) mass is 408 g/mol. The van der Waals surface area contributed by atoms with Gasteiger partial charge in [-0.3, -0.25) is 14.4 Å². The highest BCUT2D eigenvalue weighted by Crippen LogP contribution is 2.19. The van der Waals surface area contributed by atoms with Gasteiger partial charge in [0.2, 0.25) is 11.8 Å². The van der Waals surface area contributed by atoms with E-state index in [9.17, 15) is 14.4 Å². The summed E-state index contributed by atoms with van der Waals surface area (Å²) in [6.45, 7) is 7.73. The molecular formula is C21H32N2O4S. The number of esters is 1. The zero-order valence-corrected chi connectivity index (χ0v) is 18.0. The van der Waals surface area contributed by atoms with Crippen LogP contribution >= 0.6 is 11.3 Å². The minimum atomic E-state index is -0.233. The van der Waals surface area contributed by atoms with Crippen LogP contribution in [0.4, 0.5) is 0 Å². The summed E-state index contributed by atoms with van der Waals surface area (Å²) in [5, 5.41) is 1.97. The number of amides is 2. The molecule has 0 radical (unpaired) electrons. The highest BCUT2D eigenvalue weighted by atomic mass is 32.1. The lowest BCUT2D eigenvalue weighted by atomic mass is 9.98. The van der Waals surface area contributed by atoms with E-state index in [0.29, 0.717) is 32.7 Å². The van der Waals surface area contributed by atoms with E-state index in [1.807, 2.05) is 36.3 Å². The van der Waals surface area contributed by atoms with Crippen LogP contribution in [0, 0.1) is 5.92 Å². The number of nitrogens with zero attached hydrogens (tertiary/aromatic N) is 2. The van der Waals surface area contributed by atoms with E-state index in [0.717, 1.165) is 24.1 Å². The van der Waals surface area contributed by atoms with Crippen molar-refractivity contribution in [2.24, 2.45) is 5.92 Å². The van der Waals surface area contributed by atoms with Crippen molar-refractivity contribution in [2.75, 3.05) is 26.2 Å². The van der Waals surface area contributed by atoms with Crippen LogP contribution in [0.5, 0.6) is 0 Å². The smallest absolute Gasteiger partial charge is 0.310 e. The molecule has 0 aliphatic carbocycles. The Hall–Kier alpha value is -1.89. The fourth-order valence-electron chi connectivity index (χ4n) is 3.51. The number of ether oxygens (including phenoxy) is 1. The first-order valence-corrected chi connectivity index (χ1v) is 11.1. The number of piperidine rings is 1. The second-order valence-corrected chi connectivity index (χ2v) is 8.31. The lowest BCUT2D eigenvalue weighted by Crippen LogP contribution is -2.45. The number of likely N-dealkylation sites (tertiary alicyclic amines) is 1. The molecule has 2 atom stereocenters. The van der Waals surface area contributed by atoms with Crippen LogP contribution < -0.4 is 0 Å². The molecule has 1 aliphatic rings. The van der Waals surface area contributed by atoms with Crippen molar-refractivity contribution in [2.45, 2.75) is 58.9 Å². The summed E-state index contributed by atoms with van der Waals surface area (Å²) in [5.41, 5.74) is 0. The van der Waals surface area contributed by atoms with Crippen molar-refractivity contribution in [1.82, 2.24) is 9.80 Å². The molecule has 2 unspecified atom stereocenters. The Morgan fingerprint density at radius 2 is 2.14 bits per heavy atom. The summed E-state index contributed by atoms with van der Waals surface area (Å²) < 4.78 is 5.11. The second kappa shape index (κ2) is 11.2. The fourth-order valence-corrected chi connectivity index (χ4v) is 4.20. The van der Waals surface area contributed by atoms with Crippen molar-refractivity contribution in [3.63, 3.8) is 0 Å². The van der Waals surface area contributed by atoms with E-state index in [-0.39, 0.29) is 36.2 Å². The Kier molecular flexibility index (Phi) is 8.96. The predicted molar refractivity (Wildman–Crippen MR) is 110 cm³/mol. The summed E-state index contributed by atoms with van der Waals surface area (Å²) in [4.78, 5) is 42.1. The standard InChI is InChI=1S/C21H32N2O4S/c1-4-16(3)23(20(25)14-18-9-7-13-28-18)12-10-19(24)22-11-6-8-17(15-22)21(26)27-5-2/h7,9,13,16-17H,4-6,8,10-12,14-15H2,1-3H3. The van der Waals surface area contributed by atoms with Gasteiger partial charge in [-0.25, -0.2) is 0 Å². The molecule has 2 amide bonds. The van der Waals surface area contributed by atoms with Gasteiger partial charge in [-0.1, -0.05) is 13.0 Å². The topological polar surface area (TPSA) is 66.9 Å². The van der Waals surface area contributed by atoms with E-state index in [2.05, 4.69) is 0 Å². The maximum Gasteiger partial charge on any atom is 0.310 e. The molecule has 28 heavy (non-hydrogen) atoms. The highest BCUT2D eigenvalue weighted by molar-refractivity contribution is 7.10. The van der Waals surface area contributed by atoms with Crippen molar-refractivity contribution in [3.05, 3.63) is 22.4 Å². The van der Waals surface area contributed by atoms with Crippen LogP contribution in [0.25, 0.3) is 0 Å². The van der Waals surface area contributed by atoms with E-state index in [4.69, 9.17) is 4.74 Å². The van der Waals surface area contributed by atoms with Crippen LogP contribution in [-0.4, -0.2) is 59.9 Å². The Morgan fingerprint density at radius 3 is 2.79 bits per heavy atom. The molecule has 156 valence electrons. The van der Waals surface area contributed by atoms with E-state index < -0.39 is 0 Å². The van der Waals surface area contributed by atoms with Gasteiger partial charge in [0.1, 0.15) is 0 Å². The van der Waals surface area contributed by atoms with Crippen LogP contribution in [0.2, 0.25) is 0 Å². The predicted octanol–water partition coefficient (Wildman–Crippen LogP) is 3.11. The zero-order chi connectivity index (χ0) is 20.5. The largest absolute Gasteiger partial charge is 0.466 e. The number of hydrogen-bond donors (Lipinski definition) is 0. The highest BCUT2D eigenvalue weighted by Gasteiger charge is 2.30. The van der Waals surface area contributed by atoms with Gasteiger partial charge in [-0.15, -0.1) is 11.3 Å². The molecular weight excluding hydrogens is 376 g/mol. The quantitative estimate of drug-likeness (QED) is 0.589. The molecule has 0 aromatic carbocycles. The summed E-state index contributed by atoms with van der Waals surface area (Å²) in [7, 11) is 0. The maximum atomic E-state index is 12.8. The summed E-state index contributed by atoms with van der Waals surface area (Å²) >= 11 is 1.58.